The van der Waals surface area contributed by atoms with Gasteiger partial charge in [-0.2, -0.15) is 18.4 Å². The normalized spacial score (nSPS) is 16.6. The first-order valence-corrected chi connectivity index (χ1v) is 7.01. The van der Waals surface area contributed by atoms with Crippen LogP contribution in [-0.2, 0) is 0 Å². The first kappa shape index (κ1) is 22.0. The molecule has 0 spiro atoms. The summed E-state index contributed by atoms with van der Waals surface area (Å²) in [6, 6.07) is 8.66. The van der Waals surface area contributed by atoms with Gasteiger partial charge in [-0.3, -0.25) is 4.90 Å². The van der Waals surface area contributed by atoms with Crippen LogP contribution in [0.5, 0.6) is 0 Å². The predicted octanol–water partition coefficient (Wildman–Crippen LogP) is 3.69. The summed E-state index contributed by atoms with van der Waals surface area (Å²) >= 11 is 0. The number of rotatable bonds is 4. The van der Waals surface area contributed by atoms with Crippen molar-refractivity contribution in [3.63, 3.8) is 0 Å². The average Bonchev–Trinajstić information content (AvgIpc) is 2.48. The maximum Gasteiger partial charge on any atom is 0.389 e. The molecule has 1 aliphatic heterocycles. The summed E-state index contributed by atoms with van der Waals surface area (Å²) in [6.45, 7) is 3.00. The van der Waals surface area contributed by atoms with Crippen LogP contribution in [0.1, 0.15) is 30.0 Å². The van der Waals surface area contributed by atoms with Gasteiger partial charge in [0.15, 0.2) is 0 Å². The third kappa shape index (κ3) is 6.96. The Bertz CT molecular complexity index is 511. The minimum Gasteiger partial charge on any atom is -0.314 e. The van der Waals surface area contributed by atoms with Gasteiger partial charge in [-0.15, -0.1) is 24.8 Å². The summed E-state index contributed by atoms with van der Waals surface area (Å²) in [5, 5.41) is 12.2. The lowest BCUT2D eigenvalue weighted by Gasteiger charge is -2.35. The maximum atomic E-state index is 12.6. The molecule has 0 unspecified atom stereocenters. The predicted molar refractivity (Wildman–Crippen MR) is 88.1 cm³/mol. The number of alkyl halides is 3. The van der Waals surface area contributed by atoms with Crippen molar-refractivity contribution in [1.29, 1.82) is 5.26 Å². The fourth-order valence-electron chi connectivity index (χ4n) is 2.67. The summed E-state index contributed by atoms with van der Waals surface area (Å²) in [4.78, 5) is 2.07. The maximum absolute atomic E-state index is 12.6. The second-order valence-electron chi connectivity index (χ2n) is 5.19. The third-order valence-corrected chi connectivity index (χ3v) is 3.69. The highest BCUT2D eigenvalue weighted by atomic mass is 35.5. The van der Waals surface area contributed by atoms with E-state index >= 15 is 0 Å². The van der Waals surface area contributed by atoms with Crippen molar-refractivity contribution < 1.29 is 13.2 Å². The Kier molecular flexibility index (Phi) is 9.55. The summed E-state index contributed by atoms with van der Waals surface area (Å²) in [6.07, 6.45) is -4.93. The highest BCUT2D eigenvalue weighted by Crippen LogP contribution is 2.32. The number of hydrogen-bond acceptors (Lipinski definition) is 3. The summed E-state index contributed by atoms with van der Waals surface area (Å²) in [7, 11) is 0. The van der Waals surface area contributed by atoms with E-state index in [1.165, 1.54) is 0 Å². The average molecular weight is 370 g/mol. The van der Waals surface area contributed by atoms with Gasteiger partial charge < -0.3 is 5.32 Å². The molecule has 0 radical (unpaired) electrons. The Morgan fingerprint density at radius 1 is 1.22 bits per heavy atom. The van der Waals surface area contributed by atoms with Gasteiger partial charge in [0.1, 0.15) is 0 Å². The molecule has 1 heterocycles. The molecule has 1 aromatic carbocycles. The van der Waals surface area contributed by atoms with E-state index in [-0.39, 0.29) is 37.3 Å². The topological polar surface area (TPSA) is 39.1 Å². The first-order valence-electron chi connectivity index (χ1n) is 7.01. The Labute approximate surface area is 146 Å². The molecule has 0 aliphatic carbocycles. The van der Waals surface area contributed by atoms with E-state index in [1.807, 2.05) is 12.1 Å². The van der Waals surface area contributed by atoms with Crippen LogP contribution >= 0.6 is 24.8 Å². The molecule has 1 saturated heterocycles. The van der Waals surface area contributed by atoms with E-state index in [9.17, 15) is 13.2 Å². The van der Waals surface area contributed by atoms with Crippen LogP contribution in [0, 0.1) is 11.3 Å². The minimum absolute atomic E-state index is 0. The van der Waals surface area contributed by atoms with Gasteiger partial charge in [-0.1, -0.05) is 12.1 Å². The molecule has 0 saturated carbocycles. The molecule has 0 aromatic heterocycles. The lowest BCUT2D eigenvalue weighted by molar-refractivity contribution is -0.138. The van der Waals surface area contributed by atoms with E-state index < -0.39 is 12.6 Å². The van der Waals surface area contributed by atoms with Crippen LogP contribution in [0.4, 0.5) is 13.2 Å². The summed E-state index contributed by atoms with van der Waals surface area (Å²) in [5.74, 6) is 0. The third-order valence-electron chi connectivity index (χ3n) is 3.69. The molecule has 1 atom stereocenters. The lowest BCUT2D eigenvalue weighted by Crippen LogP contribution is -2.45. The molecule has 8 heteroatoms. The molecular formula is C15H20Cl2F3N3. The van der Waals surface area contributed by atoms with Gasteiger partial charge >= 0.3 is 6.18 Å². The van der Waals surface area contributed by atoms with Crippen molar-refractivity contribution in [3.8, 4) is 6.07 Å². The number of nitriles is 1. The molecule has 1 aliphatic rings. The molecule has 0 bridgehead atoms. The van der Waals surface area contributed by atoms with Crippen molar-refractivity contribution in [1.82, 2.24) is 10.2 Å². The smallest absolute Gasteiger partial charge is 0.314 e. The largest absolute Gasteiger partial charge is 0.389 e. The highest BCUT2D eigenvalue weighted by Gasteiger charge is 2.31. The zero-order chi connectivity index (χ0) is 15.3. The molecule has 3 nitrogen and oxygen atoms in total. The Hall–Kier alpha value is -1.00. The molecule has 2 rings (SSSR count). The lowest BCUT2D eigenvalue weighted by atomic mass is 9.97. The number of piperazine rings is 1. The molecule has 1 N–H and O–H groups in total. The Morgan fingerprint density at radius 3 is 2.43 bits per heavy atom. The fourth-order valence-corrected chi connectivity index (χ4v) is 2.67. The number of nitrogens with one attached hydrogen (secondary N) is 1. The molecule has 1 aromatic rings. The minimum atomic E-state index is -4.15. The molecule has 23 heavy (non-hydrogen) atoms. The van der Waals surface area contributed by atoms with E-state index in [0.717, 1.165) is 31.7 Å². The van der Waals surface area contributed by atoms with E-state index in [4.69, 9.17) is 5.26 Å². The second kappa shape index (κ2) is 9.99. The van der Waals surface area contributed by atoms with Crippen LogP contribution in [0.25, 0.3) is 0 Å². The van der Waals surface area contributed by atoms with Crippen molar-refractivity contribution >= 4 is 24.8 Å². The molecule has 130 valence electrons. The van der Waals surface area contributed by atoms with Crippen LogP contribution in [-0.4, -0.2) is 37.3 Å². The van der Waals surface area contributed by atoms with Crippen molar-refractivity contribution in [2.24, 2.45) is 0 Å². The van der Waals surface area contributed by atoms with Gasteiger partial charge in [0, 0.05) is 38.6 Å². The van der Waals surface area contributed by atoms with E-state index in [1.54, 1.807) is 18.2 Å². The zero-order valence-electron chi connectivity index (χ0n) is 12.5. The van der Waals surface area contributed by atoms with E-state index in [2.05, 4.69) is 10.2 Å². The van der Waals surface area contributed by atoms with Gasteiger partial charge in [0.05, 0.1) is 11.6 Å². The van der Waals surface area contributed by atoms with E-state index in [0.29, 0.717) is 5.56 Å². The van der Waals surface area contributed by atoms with Crippen LogP contribution in [0.2, 0.25) is 0 Å². The highest BCUT2D eigenvalue weighted by molar-refractivity contribution is 5.85. The number of benzene rings is 1. The molecular weight excluding hydrogens is 350 g/mol. The molecule has 0 amide bonds. The van der Waals surface area contributed by atoms with Gasteiger partial charge in [-0.05, 0) is 24.1 Å². The van der Waals surface area contributed by atoms with Crippen molar-refractivity contribution in [2.75, 3.05) is 26.2 Å². The summed E-state index contributed by atoms with van der Waals surface area (Å²) in [5.41, 5.74) is 1.28. The second-order valence-corrected chi connectivity index (χ2v) is 5.19. The van der Waals surface area contributed by atoms with Crippen LogP contribution in [0.3, 0.4) is 0 Å². The first-order chi connectivity index (χ1) is 9.99. The van der Waals surface area contributed by atoms with Crippen LogP contribution < -0.4 is 5.32 Å². The quantitative estimate of drug-likeness (QED) is 0.879. The molecule has 1 fully saturated rings. The van der Waals surface area contributed by atoms with Crippen molar-refractivity contribution in [2.45, 2.75) is 25.1 Å². The zero-order valence-corrected chi connectivity index (χ0v) is 14.1. The van der Waals surface area contributed by atoms with Gasteiger partial charge in [0.25, 0.3) is 0 Å². The SMILES string of the molecule is Cl.Cl.N#Cc1cccc([C@@H](CCC(F)(F)F)N2CCNCC2)c1. The standard InChI is InChI=1S/C15H18F3N3.2ClH/c16-15(17,18)5-4-14(21-8-6-20-7-9-21)13-3-1-2-12(10-13)11-19;;/h1-3,10,14,20H,4-9H2;2*1H/t14-;;/m1../s1. The van der Waals surface area contributed by atoms with Crippen molar-refractivity contribution in [3.05, 3.63) is 35.4 Å². The number of nitrogens with zero attached hydrogens (tertiary/aromatic N) is 2. The monoisotopic (exact) mass is 369 g/mol. The van der Waals surface area contributed by atoms with Gasteiger partial charge in [0.2, 0.25) is 0 Å². The summed E-state index contributed by atoms with van der Waals surface area (Å²) < 4.78 is 37.7. The fraction of sp³-hybridized carbons (Fsp3) is 0.533. The Morgan fingerprint density at radius 2 is 1.87 bits per heavy atom. The number of hydrogen-bond donors (Lipinski definition) is 1. The Balaban J connectivity index is 0.00000242. The van der Waals surface area contributed by atoms with Crippen LogP contribution in [0.15, 0.2) is 24.3 Å². The number of halogens is 5. The van der Waals surface area contributed by atoms with Gasteiger partial charge in [-0.25, -0.2) is 0 Å².